The Morgan fingerprint density at radius 3 is 2.40 bits per heavy atom. The van der Waals surface area contributed by atoms with Crippen LogP contribution >= 0.6 is 0 Å². The number of aliphatic carboxylic acids is 1. The molecule has 8 heteroatoms. The number of hydrogen-bond donors (Lipinski definition) is 1. The number of halogens is 3. The van der Waals surface area contributed by atoms with Crippen LogP contribution in [0.1, 0.15) is 24.8 Å². The molecular formula is C17H20F3NO4. The molecule has 1 unspecified atom stereocenters. The molecule has 1 atom stereocenters. The lowest BCUT2D eigenvalue weighted by Crippen LogP contribution is -2.47. The van der Waals surface area contributed by atoms with Crippen LogP contribution in [0, 0.1) is 5.41 Å². The third-order valence-electron chi connectivity index (χ3n) is 4.59. The van der Waals surface area contributed by atoms with Crippen LogP contribution < -0.4 is 4.74 Å². The molecule has 1 aliphatic heterocycles. The highest BCUT2D eigenvalue weighted by atomic mass is 19.4. The van der Waals surface area contributed by atoms with Gasteiger partial charge in [0.25, 0.3) is 0 Å². The second-order valence-electron chi connectivity index (χ2n) is 6.15. The lowest BCUT2D eigenvalue weighted by molar-refractivity contribution is -0.227. The number of nitrogens with zero attached hydrogens (tertiary/aromatic N) is 1. The second-order valence-corrected chi connectivity index (χ2v) is 6.15. The lowest BCUT2D eigenvalue weighted by Gasteiger charge is -2.27. The summed E-state index contributed by atoms with van der Waals surface area (Å²) in [6.07, 6.45) is -4.31. The van der Waals surface area contributed by atoms with E-state index in [9.17, 15) is 22.8 Å². The minimum atomic E-state index is -4.88. The first-order valence-electron chi connectivity index (χ1n) is 7.90. The van der Waals surface area contributed by atoms with E-state index in [-0.39, 0.29) is 13.0 Å². The fourth-order valence-corrected chi connectivity index (χ4v) is 2.94. The molecule has 1 aromatic carbocycles. The summed E-state index contributed by atoms with van der Waals surface area (Å²) in [5.74, 6) is -1.65. The summed E-state index contributed by atoms with van der Waals surface area (Å²) >= 11 is 0. The molecular weight excluding hydrogens is 339 g/mol. The number of aryl methyl sites for hydroxylation is 1. The zero-order valence-corrected chi connectivity index (χ0v) is 13.8. The van der Waals surface area contributed by atoms with E-state index in [1.54, 1.807) is 19.2 Å². The molecule has 0 aliphatic carbocycles. The Labute approximate surface area is 143 Å². The molecule has 1 fully saturated rings. The number of methoxy groups -OCH3 is 1. The van der Waals surface area contributed by atoms with Gasteiger partial charge in [-0.3, -0.25) is 9.59 Å². The molecule has 138 valence electrons. The van der Waals surface area contributed by atoms with Gasteiger partial charge in [-0.2, -0.15) is 13.2 Å². The van der Waals surface area contributed by atoms with Gasteiger partial charge in [0.2, 0.25) is 5.91 Å². The van der Waals surface area contributed by atoms with E-state index in [2.05, 4.69) is 0 Å². The summed E-state index contributed by atoms with van der Waals surface area (Å²) in [6.45, 7) is -1.000. The smallest absolute Gasteiger partial charge is 0.406 e. The molecule has 0 radical (unpaired) electrons. The van der Waals surface area contributed by atoms with Crippen LogP contribution in [0.2, 0.25) is 0 Å². The van der Waals surface area contributed by atoms with Crippen LogP contribution in [-0.4, -0.2) is 48.3 Å². The van der Waals surface area contributed by atoms with Crippen molar-refractivity contribution in [3.63, 3.8) is 0 Å². The number of carboxylic acids is 1. The quantitative estimate of drug-likeness (QED) is 0.848. The number of ether oxygens (including phenoxy) is 1. The van der Waals surface area contributed by atoms with Crippen LogP contribution in [0.25, 0.3) is 0 Å². The Morgan fingerprint density at radius 1 is 1.28 bits per heavy atom. The van der Waals surface area contributed by atoms with Crippen molar-refractivity contribution in [1.82, 2.24) is 4.90 Å². The Hall–Kier alpha value is -2.25. The summed E-state index contributed by atoms with van der Waals surface area (Å²) in [6, 6.07) is 7.31. The van der Waals surface area contributed by atoms with Gasteiger partial charge in [0.05, 0.1) is 7.11 Å². The second kappa shape index (κ2) is 7.33. The Morgan fingerprint density at radius 2 is 1.92 bits per heavy atom. The summed E-state index contributed by atoms with van der Waals surface area (Å²) < 4.78 is 44.4. The SMILES string of the molecule is COc1ccc(CCCC(=O)N2CCC(C(=O)O)(C(F)(F)F)C2)cc1. The van der Waals surface area contributed by atoms with Gasteiger partial charge in [0.1, 0.15) is 5.75 Å². The van der Waals surface area contributed by atoms with Crippen molar-refractivity contribution < 1.29 is 32.6 Å². The number of carbonyl (C=O) groups is 2. The van der Waals surface area contributed by atoms with Crippen molar-refractivity contribution in [2.45, 2.75) is 31.9 Å². The van der Waals surface area contributed by atoms with E-state index in [4.69, 9.17) is 9.84 Å². The van der Waals surface area contributed by atoms with E-state index in [1.165, 1.54) is 0 Å². The molecule has 0 bridgehead atoms. The van der Waals surface area contributed by atoms with Gasteiger partial charge < -0.3 is 14.7 Å². The molecule has 0 saturated carbocycles. The highest BCUT2D eigenvalue weighted by Crippen LogP contribution is 2.45. The molecule has 1 aromatic rings. The average molecular weight is 359 g/mol. The third-order valence-corrected chi connectivity index (χ3v) is 4.59. The average Bonchev–Trinajstić information content (AvgIpc) is 3.02. The predicted molar refractivity (Wildman–Crippen MR) is 83.3 cm³/mol. The van der Waals surface area contributed by atoms with Gasteiger partial charge in [-0.05, 0) is 37.0 Å². The fourth-order valence-electron chi connectivity index (χ4n) is 2.94. The number of hydrogen-bond acceptors (Lipinski definition) is 3. The van der Waals surface area contributed by atoms with Gasteiger partial charge in [-0.15, -0.1) is 0 Å². The first kappa shape index (κ1) is 19.1. The molecule has 1 heterocycles. The van der Waals surface area contributed by atoms with Crippen molar-refractivity contribution in [3.05, 3.63) is 29.8 Å². The lowest BCUT2D eigenvalue weighted by atomic mass is 9.86. The highest BCUT2D eigenvalue weighted by molar-refractivity contribution is 5.81. The molecule has 1 N–H and O–H groups in total. The van der Waals surface area contributed by atoms with E-state index in [0.29, 0.717) is 18.6 Å². The number of benzene rings is 1. The van der Waals surface area contributed by atoms with Gasteiger partial charge in [0, 0.05) is 19.5 Å². The number of alkyl halides is 3. The summed E-state index contributed by atoms with van der Waals surface area (Å²) in [4.78, 5) is 24.3. The highest BCUT2D eigenvalue weighted by Gasteiger charge is 2.64. The summed E-state index contributed by atoms with van der Waals surface area (Å²) in [5, 5.41) is 9.00. The first-order chi connectivity index (χ1) is 11.7. The first-order valence-corrected chi connectivity index (χ1v) is 7.90. The van der Waals surface area contributed by atoms with Crippen molar-refractivity contribution >= 4 is 11.9 Å². The Kier molecular flexibility index (Phi) is 5.59. The van der Waals surface area contributed by atoms with Gasteiger partial charge in [-0.25, -0.2) is 0 Å². The van der Waals surface area contributed by atoms with Gasteiger partial charge >= 0.3 is 12.1 Å². The fraction of sp³-hybridized carbons (Fsp3) is 0.529. The van der Waals surface area contributed by atoms with Gasteiger partial charge in [-0.1, -0.05) is 12.1 Å². The molecule has 2 rings (SSSR count). The maximum Gasteiger partial charge on any atom is 0.406 e. The summed E-state index contributed by atoms with van der Waals surface area (Å²) in [7, 11) is 1.56. The van der Waals surface area contributed by atoms with Crippen LogP contribution in [0.5, 0.6) is 5.75 Å². The maximum atomic E-state index is 13.1. The van der Waals surface area contributed by atoms with E-state index in [0.717, 1.165) is 10.5 Å². The molecule has 5 nitrogen and oxygen atoms in total. The van der Waals surface area contributed by atoms with Gasteiger partial charge in [0.15, 0.2) is 5.41 Å². The monoisotopic (exact) mass is 359 g/mol. The standard InChI is InChI=1S/C17H20F3NO4/c1-25-13-7-5-12(6-8-13)3-2-4-14(22)21-10-9-16(11-21,15(23)24)17(18,19)20/h5-8H,2-4,9-11H2,1H3,(H,23,24). The minimum Gasteiger partial charge on any atom is -0.497 e. The summed E-state index contributed by atoms with van der Waals surface area (Å²) in [5.41, 5.74) is -1.86. The molecule has 1 aliphatic rings. The van der Waals surface area contributed by atoms with Crippen molar-refractivity contribution in [3.8, 4) is 5.75 Å². The zero-order chi connectivity index (χ0) is 18.7. The van der Waals surface area contributed by atoms with Crippen LogP contribution in [0.4, 0.5) is 13.2 Å². The van der Waals surface area contributed by atoms with E-state index >= 15 is 0 Å². The van der Waals surface area contributed by atoms with E-state index in [1.807, 2.05) is 12.1 Å². The minimum absolute atomic E-state index is 0.0829. The number of amides is 1. The molecule has 25 heavy (non-hydrogen) atoms. The Balaban J connectivity index is 1.88. The number of likely N-dealkylation sites (tertiary alicyclic amines) is 1. The van der Waals surface area contributed by atoms with Crippen molar-refractivity contribution in [2.24, 2.45) is 5.41 Å². The third kappa shape index (κ3) is 4.05. The van der Waals surface area contributed by atoms with Crippen molar-refractivity contribution in [2.75, 3.05) is 20.2 Å². The molecule has 1 amide bonds. The predicted octanol–water partition coefficient (Wildman–Crippen LogP) is 2.88. The Bertz CT molecular complexity index is 630. The largest absolute Gasteiger partial charge is 0.497 e. The topological polar surface area (TPSA) is 66.8 Å². The zero-order valence-electron chi connectivity index (χ0n) is 13.8. The number of carboxylic acid groups (broad SMARTS) is 1. The molecule has 0 spiro atoms. The van der Waals surface area contributed by atoms with E-state index < -0.39 is 36.4 Å². The normalized spacial score (nSPS) is 20.6. The molecule has 1 saturated heterocycles. The van der Waals surface area contributed by atoms with Crippen LogP contribution in [0.3, 0.4) is 0 Å². The number of carbonyl (C=O) groups excluding carboxylic acids is 1. The van der Waals surface area contributed by atoms with Crippen molar-refractivity contribution in [1.29, 1.82) is 0 Å². The molecule has 0 aromatic heterocycles. The van der Waals surface area contributed by atoms with Crippen LogP contribution in [-0.2, 0) is 16.0 Å². The maximum absolute atomic E-state index is 13.1. The number of rotatable bonds is 6. The van der Waals surface area contributed by atoms with Crippen LogP contribution in [0.15, 0.2) is 24.3 Å².